The molecule has 178 valence electrons. The molecule has 4 aromatic carbocycles. The Balaban J connectivity index is 1.57. The minimum Gasteiger partial charge on any atom is -0.322 e. The predicted molar refractivity (Wildman–Crippen MR) is 147 cm³/mol. The molecule has 0 aliphatic rings. The molecule has 0 saturated carbocycles. The van der Waals surface area contributed by atoms with E-state index in [1.165, 1.54) is 4.57 Å². The molecule has 6 nitrogen and oxygen atoms in total. The first-order chi connectivity index (χ1) is 18.0. The SMILES string of the molecule is Cc1ccccc1C(=O)Nc1cccc(-n2c(/C=C/c3ccc(C#N)cc3)nc3ccccc3c2=O)c1. The minimum atomic E-state index is -0.222. The van der Waals surface area contributed by atoms with Crippen LogP contribution in [0.3, 0.4) is 0 Å². The third-order valence-electron chi connectivity index (χ3n) is 6.02. The lowest BCUT2D eigenvalue weighted by atomic mass is 10.1. The van der Waals surface area contributed by atoms with E-state index in [2.05, 4.69) is 11.4 Å². The Morgan fingerprint density at radius 1 is 0.919 bits per heavy atom. The number of nitrogens with one attached hydrogen (secondary N) is 1. The van der Waals surface area contributed by atoms with Crippen LogP contribution in [-0.4, -0.2) is 15.5 Å². The molecule has 1 heterocycles. The molecule has 1 aromatic heterocycles. The van der Waals surface area contributed by atoms with E-state index in [1.54, 1.807) is 66.7 Å². The van der Waals surface area contributed by atoms with Crippen molar-refractivity contribution in [3.63, 3.8) is 0 Å². The molecule has 5 aromatic rings. The second kappa shape index (κ2) is 10.1. The van der Waals surface area contributed by atoms with Crippen molar-refractivity contribution in [3.05, 3.63) is 135 Å². The Kier molecular flexibility index (Phi) is 6.43. The third kappa shape index (κ3) is 4.93. The van der Waals surface area contributed by atoms with E-state index in [0.29, 0.717) is 39.2 Å². The molecule has 0 spiro atoms. The molecule has 0 aliphatic heterocycles. The van der Waals surface area contributed by atoms with Gasteiger partial charge >= 0.3 is 0 Å². The third-order valence-corrected chi connectivity index (χ3v) is 6.02. The number of nitriles is 1. The van der Waals surface area contributed by atoms with Gasteiger partial charge in [0.05, 0.1) is 28.2 Å². The molecule has 6 heteroatoms. The summed E-state index contributed by atoms with van der Waals surface area (Å²) in [6.45, 7) is 1.89. The van der Waals surface area contributed by atoms with E-state index in [4.69, 9.17) is 10.2 Å². The number of carbonyl (C=O) groups is 1. The van der Waals surface area contributed by atoms with E-state index < -0.39 is 0 Å². The van der Waals surface area contributed by atoms with Gasteiger partial charge in [0.1, 0.15) is 5.82 Å². The molecule has 0 unspecified atom stereocenters. The normalized spacial score (nSPS) is 10.9. The molecule has 0 atom stereocenters. The maximum Gasteiger partial charge on any atom is 0.266 e. The van der Waals surface area contributed by atoms with Crippen LogP contribution in [0, 0.1) is 18.3 Å². The topological polar surface area (TPSA) is 87.8 Å². The van der Waals surface area contributed by atoms with Gasteiger partial charge in [0.2, 0.25) is 0 Å². The number of hydrogen-bond acceptors (Lipinski definition) is 4. The Morgan fingerprint density at radius 3 is 2.46 bits per heavy atom. The Hall–Kier alpha value is -5.28. The first-order valence-electron chi connectivity index (χ1n) is 11.7. The number of carbonyl (C=O) groups excluding carboxylic acids is 1. The number of aryl methyl sites for hydroxylation is 1. The van der Waals surface area contributed by atoms with E-state index in [9.17, 15) is 9.59 Å². The fourth-order valence-electron chi connectivity index (χ4n) is 4.10. The van der Waals surface area contributed by atoms with Crippen LogP contribution < -0.4 is 10.9 Å². The number of rotatable bonds is 5. The average molecular weight is 483 g/mol. The second-order valence-corrected chi connectivity index (χ2v) is 8.51. The molecular weight excluding hydrogens is 460 g/mol. The average Bonchev–Trinajstić information content (AvgIpc) is 2.92. The monoisotopic (exact) mass is 482 g/mol. The molecule has 0 saturated heterocycles. The number of anilines is 1. The van der Waals surface area contributed by atoms with Gasteiger partial charge in [0.15, 0.2) is 0 Å². The fraction of sp³-hybridized carbons (Fsp3) is 0.0323. The number of amides is 1. The molecule has 0 fully saturated rings. The lowest BCUT2D eigenvalue weighted by Gasteiger charge is -2.13. The Bertz CT molecular complexity index is 1760. The highest BCUT2D eigenvalue weighted by Crippen LogP contribution is 2.20. The molecule has 37 heavy (non-hydrogen) atoms. The largest absolute Gasteiger partial charge is 0.322 e. The summed E-state index contributed by atoms with van der Waals surface area (Å²) in [5.74, 6) is 0.218. The van der Waals surface area contributed by atoms with Gasteiger partial charge in [-0.15, -0.1) is 0 Å². The zero-order chi connectivity index (χ0) is 25.8. The second-order valence-electron chi connectivity index (χ2n) is 8.51. The quantitative estimate of drug-likeness (QED) is 0.333. The van der Waals surface area contributed by atoms with E-state index >= 15 is 0 Å². The number of fused-ring (bicyclic) bond motifs is 1. The van der Waals surface area contributed by atoms with Gasteiger partial charge in [-0.2, -0.15) is 5.26 Å². The summed E-state index contributed by atoms with van der Waals surface area (Å²) < 4.78 is 1.53. The highest BCUT2D eigenvalue weighted by Gasteiger charge is 2.13. The van der Waals surface area contributed by atoms with Crippen LogP contribution in [0.25, 0.3) is 28.7 Å². The predicted octanol–water partition coefficient (Wildman–Crippen LogP) is 5.99. The molecule has 1 amide bonds. The van der Waals surface area contributed by atoms with Crippen LogP contribution in [0.4, 0.5) is 5.69 Å². The van der Waals surface area contributed by atoms with Crippen LogP contribution in [0.5, 0.6) is 0 Å². The van der Waals surface area contributed by atoms with Crippen molar-refractivity contribution in [2.24, 2.45) is 0 Å². The summed E-state index contributed by atoms with van der Waals surface area (Å²) in [6.07, 6.45) is 3.62. The van der Waals surface area contributed by atoms with E-state index in [0.717, 1.165) is 11.1 Å². The maximum absolute atomic E-state index is 13.6. The van der Waals surface area contributed by atoms with Crippen LogP contribution in [0.1, 0.15) is 32.9 Å². The standard InChI is InChI=1S/C31H22N4O2/c1-21-7-2-3-10-26(21)30(36)33-24-8-6-9-25(19-24)35-29(18-17-22-13-15-23(20-32)16-14-22)34-28-12-5-4-11-27(28)31(35)37/h2-19H,1H3,(H,33,36)/b18-17+. The van der Waals surface area contributed by atoms with Gasteiger partial charge in [0.25, 0.3) is 11.5 Å². The minimum absolute atomic E-state index is 0.215. The zero-order valence-corrected chi connectivity index (χ0v) is 20.1. The van der Waals surface area contributed by atoms with Crippen molar-refractivity contribution >= 4 is 34.6 Å². The van der Waals surface area contributed by atoms with E-state index in [-0.39, 0.29) is 11.5 Å². The lowest BCUT2D eigenvalue weighted by molar-refractivity contribution is 0.102. The van der Waals surface area contributed by atoms with Crippen molar-refractivity contribution in [2.45, 2.75) is 6.92 Å². The van der Waals surface area contributed by atoms with Crippen molar-refractivity contribution in [1.82, 2.24) is 9.55 Å². The van der Waals surface area contributed by atoms with Gasteiger partial charge < -0.3 is 5.32 Å². The van der Waals surface area contributed by atoms with Crippen molar-refractivity contribution in [2.75, 3.05) is 5.32 Å². The summed E-state index contributed by atoms with van der Waals surface area (Å²) in [5.41, 5.74) is 4.41. The summed E-state index contributed by atoms with van der Waals surface area (Å²) in [7, 11) is 0. The van der Waals surface area contributed by atoms with Crippen molar-refractivity contribution in [3.8, 4) is 11.8 Å². The fourth-order valence-corrected chi connectivity index (χ4v) is 4.10. The van der Waals surface area contributed by atoms with Crippen LogP contribution >= 0.6 is 0 Å². The van der Waals surface area contributed by atoms with Crippen LogP contribution in [-0.2, 0) is 0 Å². The number of nitrogens with zero attached hydrogens (tertiary/aromatic N) is 3. The number of hydrogen-bond donors (Lipinski definition) is 1. The summed E-state index contributed by atoms with van der Waals surface area (Å²) in [6, 6.07) is 31.0. The van der Waals surface area contributed by atoms with Crippen LogP contribution in [0.15, 0.2) is 102 Å². The first kappa shape index (κ1) is 23.5. The van der Waals surface area contributed by atoms with Crippen molar-refractivity contribution in [1.29, 1.82) is 5.26 Å². The Labute approximate surface area is 213 Å². The molecule has 5 rings (SSSR count). The summed E-state index contributed by atoms with van der Waals surface area (Å²) in [5, 5.41) is 12.5. The highest BCUT2D eigenvalue weighted by molar-refractivity contribution is 6.05. The van der Waals surface area contributed by atoms with Gasteiger partial charge in [-0.05, 0) is 72.7 Å². The molecule has 0 bridgehead atoms. The number of benzene rings is 4. The smallest absolute Gasteiger partial charge is 0.266 e. The van der Waals surface area contributed by atoms with Gasteiger partial charge in [-0.3, -0.25) is 14.2 Å². The molecular formula is C31H22N4O2. The maximum atomic E-state index is 13.6. The lowest BCUT2D eigenvalue weighted by Crippen LogP contribution is -2.22. The van der Waals surface area contributed by atoms with E-state index in [1.807, 2.05) is 49.4 Å². The van der Waals surface area contributed by atoms with Crippen molar-refractivity contribution < 1.29 is 4.79 Å². The van der Waals surface area contributed by atoms with Gasteiger partial charge in [0, 0.05) is 11.3 Å². The molecule has 0 aliphatic carbocycles. The van der Waals surface area contributed by atoms with Crippen LogP contribution in [0.2, 0.25) is 0 Å². The number of para-hydroxylation sites is 1. The molecule has 0 radical (unpaired) electrons. The Morgan fingerprint density at radius 2 is 1.68 bits per heavy atom. The van der Waals surface area contributed by atoms with Gasteiger partial charge in [-0.25, -0.2) is 4.98 Å². The summed E-state index contributed by atoms with van der Waals surface area (Å²) in [4.78, 5) is 31.2. The highest BCUT2D eigenvalue weighted by atomic mass is 16.1. The molecule has 1 N–H and O–H groups in total. The first-order valence-corrected chi connectivity index (χ1v) is 11.7. The zero-order valence-electron chi connectivity index (χ0n) is 20.1. The number of aromatic nitrogens is 2. The summed E-state index contributed by atoms with van der Waals surface area (Å²) >= 11 is 0. The van der Waals surface area contributed by atoms with Gasteiger partial charge in [-0.1, -0.05) is 54.6 Å².